The number of carbonyl (C=O) groups excluding carboxylic acids is 2. The van der Waals surface area contributed by atoms with Crippen molar-refractivity contribution in [3.05, 3.63) is 77.4 Å². The molecule has 0 saturated carbocycles. The third-order valence-electron chi connectivity index (χ3n) is 5.13. The number of amides is 1. The maximum Gasteiger partial charge on any atom is 0.339 e. The predicted octanol–water partition coefficient (Wildman–Crippen LogP) is 3.64. The monoisotopic (exact) mass is 375 g/mol. The van der Waals surface area contributed by atoms with Crippen LogP contribution in [0.5, 0.6) is 5.75 Å². The van der Waals surface area contributed by atoms with Crippen LogP contribution in [-0.2, 0) is 22.5 Å². The molecule has 1 aliphatic rings. The van der Waals surface area contributed by atoms with Gasteiger partial charge in [0.15, 0.2) is 5.60 Å². The maximum atomic E-state index is 12.8. The molecule has 0 bridgehead atoms. The molecular weight excluding hydrogens is 354 g/mol. The van der Waals surface area contributed by atoms with E-state index < -0.39 is 11.6 Å². The molecule has 3 aromatic rings. The normalized spacial score (nSPS) is 18.3. The molecule has 142 valence electrons. The highest BCUT2D eigenvalue weighted by molar-refractivity contribution is 5.97. The summed E-state index contributed by atoms with van der Waals surface area (Å²) in [6, 6.07) is 19.1. The van der Waals surface area contributed by atoms with Crippen LogP contribution in [0.3, 0.4) is 0 Å². The SMILES string of the molecule is COc1ccc2cc(CNC(=O)C3(C)Cc4ccccc4C(=O)O3)ccc2c1. The van der Waals surface area contributed by atoms with Crippen LogP contribution in [-0.4, -0.2) is 24.6 Å². The van der Waals surface area contributed by atoms with E-state index in [1.165, 1.54) is 0 Å². The van der Waals surface area contributed by atoms with Gasteiger partial charge >= 0.3 is 5.97 Å². The molecular formula is C23H21NO4. The van der Waals surface area contributed by atoms with E-state index >= 15 is 0 Å². The third-order valence-corrected chi connectivity index (χ3v) is 5.13. The Kier molecular flexibility index (Phi) is 4.51. The summed E-state index contributed by atoms with van der Waals surface area (Å²) >= 11 is 0. The highest BCUT2D eigenvalue weighted by Crippen LogP contribution is 2.28. The first-order chi connectivity index (χ1) is 13.5. The Morgan fingerprint density at radius 1 is 1.11 bits per heavy atom. The fourth-order valence-electron chi connectivity index (χ4n) is 3.54. The highest BCUT2D eigenvalue weighted by atomic mass is 16.6. The van der Waals surface area contributed by atoms with Crippen molar-refractivity contribution in [1.29, 1.82) is 0 Å². The van der Waals surface area contributed by atoms with Gasteiger partial charge in [-0.15, -0.1) is 0 Å². The molecule has 1 unspecified atom stereocenters. The van der Waals surface area contributed by atoms with E-state index in [2.05, 4.69) is 5.32 Å². The zero-order valence-corrected chi connectivity index (χ0v) is 15.8. The topological polar surface area (TPSA) is 64.6 Å². The van der Waals surface area contributed by atoms with Crippen molar-refractivity contribution >= 4 is 22.6 Å². The highest BCUT2D eigenvalue weighted by Gasteiger charge is 2.42. The minimum Gasteiger partial charge on any atom is -0.497 e. The number of esters is 1. The number of nitrogens with one attached hydrogen (secondary N) is 1. The fourth-order valence-corrected chi connectivity index (χ4v) is 3.54. The molecule has 28 heavy (non-hydrogen) atoms. The van der Waals surface area contributed by atoms with Crippen molar-refractivity contribution in [3.8, 4) is 5.75 Å². The number of ether oxygens (including phenoxy) is 2. The van der Waals surface area contributed by atoms with Crippen LogP contribution in [0.2, 0.25) is 0 Å². The average molecular weight is 375 g/mol. The summed E-state index contributed by atoms with van der Waals surface area (Å²) in [5.74, 6) is 0.0465. The van der Waals surface area contributed by atoms with Gasteiger partial charge in [0.05, 0.1) is 12.7 Å². The second kappa shape index (κ2) is 7.00. The lowest BCUT2D eigenvalue weighted by atomic mass is 9.89. The summed E-state index contributed by atoms with van der Waals surface area (Å²) in [6.45, 7) is 2.01. The van der Waals surface area contributed by atoms with Crippen LogP contribution in [0.25, 0.3) is 10.8 Å². The fraction of sp³-hybridized carbons (Fsp3) is 0.217. The number of benzene rings is 3. The minimum absolute atomic E-state index is 0.301. The Morgan fingerprint density at radius 3 is 2.68 bits per heavy atom. The van der Waals surface area contributed by atoms with Crippen molar-refractivity contribution in [1.82, 2.24) is 5.32 Å². The molecule has 0 saturated heterocycles. The molecule has 1 N–H and O–H groups in total. The van der Waals surface area contributed by atoms with Gasteiger partial charge in [0.2, 0.25) is 0 Å². The van der Waals surface area contributed by atoms with Crippen LogP contribution in [0.15, 0.2) is 60.7 Å². The van der Waals surface area contributed by atoms with E-state index in [1.807, 2.05) is 48.5 Å². The average Bonchev–Trinajstić information content (AvgIpc) is 2.71. The number of cyclic esters (lactones) is 1. The van der Waals surface area contributed by atoms with Crippen molar-refractivity contribution < 1.29 is 19.1 Å². The minimum atomic E-state index is -1.21. The second-order valence-electron chi connectivity index (χ2n) is 7.18. The van der Waals surface area contributed by atoms with E-state index in [0.717, 1.165) is 27.6 Å². The predicted molar refractivity (Wildman–Crippen MR) is 106 cm³/mol. The first-order valence-corrected chi connectivity index (χ1v) is 9.15. The largest absolute Gasteiger partial charge is 0.497 e. The molecule has 0 fully saturated rings. The summed E-state index contributed by atoms with van der Waals surface area (Å²) in [4.78, 5) is 25.1. The van der Waals surface area contributed by atoms with Gasteiger partial charge < -0.3 is 14.8 Å². The van der Waals surface area contributed by atoms with Gasteiger partial charge in [0.1, 0.15) is 5.75 Å². The molecule has 4 rings (SSSR count). The lowest BCUT2D eigenvalue weighted by Crippen LogP contribution is -2.51. The summed E-state index contributed by atoms with van der Waals surface area (Å²) in [6.07, 6.45) is 0.359. The molecule has 0 aliphatic carbocycles. The zero-order chi connectivity index (χ0) is 19.7. The van der Waals surface area contributed by atoms with E-state index in [-0.39, 0.29) is 5.91 Å². The lowest BCUT2D eigenvalue weighted by Gasteiger charge is -2.33. The van der Waals surface area contributed by atoms with E-state index in [1.54, 1.807) is 26.2 Å². The summed E-state index contributed by atoms with van der Waals surface area (Å²) in [5, 5.41) is 5.04. The standard InChI is InChI=1S/C23H21NO4/c1-23(13-18-5-3-4-6-20(18)21(25)28-23)22(26)24-14-15-7-8-17-12-19(27-2)10-9-16(17)11-15/h3-12H,13-14H2,1-2H3,(H,24,26). The number of hydrogen-bond donors (Lipinski definition) is 1. The molecule has 0 radical (unpaired) electrons. The molecule has 1 amide bonds. The molecule has 5 nitrogen and oxygen atoms in total. The van der Waals surface area contributed by atoms with E-state index in [0.29, 0.717) is 18.5 Å². The molecule has 0 spiro atoms. The van der Waals surface area contributed by atoms with Crippen molar-refractivity contribution in [2.75, 3.05) is 7.11 Å². The number of methoxy groups -OCH3 is 1. The molecule has 5 heteroatoms. The van der Waals surface area contributed by atoms with Crippen molar-refractivity contribution in [3.63, 3.8) is 0 Å². The van der Waals surface area contributed by atoms with Gasteiger partial charge in [-0.05, 0) is 53.1 Å². The van der Waals surface area contributed by atoms with Gasteiger partial charge in [-0.25, -0.2) is 4.79 Å². The summed E-state index contributed by atoms with van der Waals surface area (Å²) in [7, 11) is 1.64. The Hall–Kier alpha value is -3.34. The summed E-state index contributed by atoms with van der Waals surface area (Å²) in [5.41, 5.74) is 1.11. The van der Waals surface area contributed by atoms with Crippen LogP contribution in [0.1, 0.15) is 28.4 Å². The van der Waals surface area contributed by atoms with Gasteiger partial charge in [0, 0.05) is 13.0 Å². The molecule has 1 atom stereocenters. The van der Waals surface area contributed by atoms with Crippen molar-refractivity contribution in [2.45, 2.75) is 25.5 Å². The van der Waals surface area contributed by atoms with E-state index in [9.17, 15) is 9.59 Å². The molecule has 3 aromatic carbocycles. The first-order valence-electron chi connectivity index (χ1n) is 9.15. The van der Waals surface area contributed by atoms with Gasteiger partial charge in [-0.1, -0.05) is 36.4 Å². The third kappa shape index (κ3) is 3.31. The number of hydrogen-bond acceptors (Lipinski definition) is 4. The smallest absolute Gasteiger partial charge is 0.339 e. The zero-order valence-electron chi connectivity index (χ0n) is 15.8. The summed E-state index contributed by atoms with van der Waals surface area (Å²) < 4.78 is 10.7. The Bertz CT molecular complexity index is 1080. The number of fused-ring (bicyclic) bond motifs is 2. The van der Waals surface area contributed by atoms with Crippen molar-refractivity contribution in [2.24, 2.45) is 0 Å². The molecule has 0 aromatic heterocycles. The molecule has 1 aliphatic heterocycles. The van der Waals surface area contributed by atoms with Crippen LogP contribution >= 0.6 is 0 Å². The quantitative estimate of drug-likeness (QED) is 0.707. The van der Waals surface area contributed by atoms with Crippen LogP contribution in [0.4, 0.5) is 0 Å². The lowest BCUT2D eigenvalue weighted by molar-refractivity contribution is -0.139. The Morgan fingerprint density at radius 2 is 1.86 bits per heavy atom. The van der Waals surface area contributed by atoms with E-state index in [4.69, 9.17) is 9.47 Å². The first kappa shape index (κ1) is 18.0. The second-order valence-corrected chi connectivity index (χ2v) is 7.18. The van der Waals surface area contributed by atoms with Gasteiger partial charge in [-0.3, -0.25) is 4.79 Å². The van der Waals surface area contributed by atoms with Crippen LogP contribution in [0, 0.1) is 0 Å². The Labute approximate surface area is 163 Å². The molecule has 1 heterocycles. The van der Waals surface area contributed by atoms with Gasteiger partial charge in [-0.2, -0.15) is 0 Å². The van der Waals surface area contributed by atoms with Crippen LogP contribution < -0.4 is 10.1 Å². The number of carbonyl (C=O) groups is 2. The maximum absolute atomic E-state index is 12.8. The van der Waals surface area contributed by atoms with Gasteiger partial charge in [0.25, 0.3) is 5.91 Å². The Balaban J connectivity index is 1.48. The number of rotatable bonds is 4.